The van der Waals surface area contributed by atoms with Gasteiger partial charge in [-0.2, -0.15) is 0 Å². The van der Waals surface area contributed by atoms with Crippen LogP contribution in [0, 0.1) is 13.8 Å². The number of aryl methyl sites for hydroxylation is 2. The molecule has 2 aromatic carbocycles. The van der Waals surface area contributed by atoms with Gasteiger partial charge in [0.25, 0.3) is 0 Å². The summed E-state index contributed by atoms with van der Waals surface area (Å²) in [6.07, 6.45) is 0. The molecule has 0 saturated carbocycles. The van der Waals surface area contributed by atoms with E-state index < -0.39 is 5.97 Å². The first-order valence-corrected chi connectivity index (χ1v) is 8.76. The summed E-state index contributed by atoms with van der Waals surface area (Å²) < 4.78 is 1.18. The molecule has 0 aliphatic carbocycles. The highest BCUT2D eigenvalue weighted by Crippen LogP contribution is 2.37. The van der Waals surface area contributed by atoms with Gasteiger partial charge in [0.05, 0.1) is 5.69 Å². The Balaban J connectivity index is 2.12. The average molecular weight is 370 g/mol. The molecule has 2 N–H and O–H groups in total. The van der Waals surface area contributed by atoms with Crippen LogP contribution in [0.15, 0.2) is 53.3 Å². The lowest BCUT2D eigenvalue weighted by Gasteiger charge is -2.21. The Morgan fingerprint density at radius 2 is 1.58 bits per heavy atom. The van der Waals surface area contributed by atoms with Crippen LogP contribution in [0.3, 0.4) is 0 Å². The number of nitrogens with zero attached hydrogens (tertiary/aromatic N) is 2. The van der Waals surface area contributed by atoms with Crippen LogP contribution in [-0.2, 0) is 4.79 Å². The summed E-state index contributed by atoms with van der Waals surface area (Å²) in [4.78, 5) is 24.8. The van der Waals surface area contributed by atoms with Crippen LogP contribution < -0.4 is 9.77 Å². The molecule has 3 rings (SSSR count). The normalized spacial score (nSPS) is 10.7. The van der Waals surface area contributed by atoms with E-state index in [0.29, 0.717) is 11.4 Å². The van der Waals surface area contributed by atoms with Crippen LogP contribution in [0.25, 0.3) is 5.69 Å². The zero-order valence-corrected chi connectivity index (χ0v) is 15.2. The first-order valence-electron chi connectivity index (χ1n) is 7.94. The molecular weight excluding hydrogens is 352 g/mol. The summed E-state index contributed by atoms with van der Waals surface area (Å²) >= 11 is 0.809. The minimum absolute atomic E-state index is 0.196. The minimum Gasteiger partial charge on any atom is -0.492 e. The van der Waals surface area contributed by atoms with Crippen LogP contribution >= 0.6 is 11.3 Å². The van der Waals surface area contributed by atoms with Crippen LogP contribution in [0.2, 0.25) is 0 Å². The highest BCUT2D eigenvalue weighted by molar-refractivity contribution is 7.14. The molecule has 0 atom stereocenters. The number of aromatic nitrogens is 1. The van der Waals surface area contributed by atoms with Crippen LogP contribution in [0.5, 0.6) is 5.88 Å². The van der Waals surface area contributed by atoms with E-state index >= 15 is 0 Å². The molecule has 0 saturated heterocycles. The molecule has 3 aromatic rings. The largest absolute Gasteiger partial charge is 0.492 e. The van der Waals surface area contributed by atoms with Crippen molar-refractivity contribution < 1.29 is 15.0 Å². The average Bonchev–Trinajstić information content (AvgIpc) is 2.89. The minimum atomic E-state index is -1.06. The number of carboxylic acid groups (broad SMARTS) is 1. The number of benzene rings is 2. The molecule has 6 nitrogen and oxygen atoms in total. The van der Waals surface area contributed by atoms with Gasteiger partial charge in [-0.15, -0.1) is 0 Å². The number of aliphatic carboxylic acids is 1. The van der Waals surface area contributed by atoms with E-state index in [-0.39, 0.29) is 22.3 Å². The molecule has 0 amide bonds. The molecule has 134 valence electrons. The summed E-state index contributed by atoms with van der Waals surface area (Å²) in [6, 6.07) is 14.4. The fourth-order valence-corrected chi connectivity index (χ4v) is 3.51. The number of rotatable bonds is 5. The van der Waals surface area contributed by atoms with Crippen molar-refractivity contribution in [3.63, 3.8) is 0 Å². The van der Waals surface area contributed by atoms with E-state index in [1.54, 1.807) is 24.3 Å². The Hall–Kier alpha value is -3.06. The monoisotopic (exact) mass is 370 g/mol. The Morgan fingerprint density at radius 1 is 1.04 bits per heavy atom. The first kappa shape index (κ1) is 17.8. The van der Waals surface area contributed by atoms with E-state index in [1.807, 2.05) is 38.1 Å². The van der Waals surface area contributed by atoms with Crippen LogP contribution in [-0.4, -0.2) is 27.3 Å². The smallest absolute Gasteiger partial charge is 0.323 e. The predicted molar refractivity (Wildman–Crippen MR) is 102 cm³/mol. The maximum absolute atomic E-state index is 12.5. The van der Waals surface area contributed by atoms with Crippen LogP contribution in [0.4, 0.5) is 10.7 Å². The van der Waals surface area contributed by atoms with E-state index in [2.05, 4.69) is 0 Å². The zero-order valence-electron chi connectivity index (χ0n) is 14.3. The molecule has 26 heavy (non-hydrogen) atoms. The molecule has 0 spiro atoms. The summed E-state index contributed by atoms with van der Waals surface area (Å²) in [6.45, 7) is 3.48. The van der Waals surface area contributed by atoms with E-state index in [0.717, 1.165) is 22.5 Å². The predicted octanol–water partition coefficient (Wildman–Crippen LogP) is 3.44. The third-order valence-electron chi connectivity index (χ3n) is 3.95. The standard InChI is InChI=1S/C19H18N2O4S/c1-12-3-7-14(8-4-12)20(11-16(22)23)18-17(24)21(19(25)26-18)15-9-5-13(2)6-10-15/h3-10,24H,11H2,1-2H3,(H,22,23). The molecule has 1 aromatic heterocycles. The molecular formula is C19H18N2O4S. The lowest BCUT2D eigenvalue weighted by Crippen LogP contribution is -2.24. The molecule has 7 heteroatoms. The van der Waals surface area contributed by atoms with Crippen molar-refractivity contribution in [2.45, 2.75) is 13.8 Å². The first-order chi connectivity index (χ1) is 12.4. The van der Waals surface area contributed by atoms with Gasteiger partial charge in [0.1, 0.15) is 6.54 Å². The molecule has 0 bridgehead atoms. The number of carboxylic acids is 1. The number of aromatic hydroxyl groups is 1. The van der Waals surface area contributed by atoms with E-state index in [1.165, 1.54) is 9.47 Å². The number of hydrogen-bond donors (Lipinski definition) is 2. The van der Waals surface area contributed by atoms with E-state index in [9.17, 15) is 19.8 Å². The van der Waals surface area contributed by atoms with Crippen molar-refractivity contribution in [3.8, 4) is 11.6 Å². The highest BCUT2D eigenvalue weighted by Gasteiger charge is 2.23. The maximum atomic E-state index is 12.5. The summed E-state index contributed by atoms with van der Waals surface area (Å²) in [5.41, 5.74) is 3.17. The maximum Gasteiger partial charge on any atom is 0.323 e. The Labute approximate surface area is 154 Å². The second-order valence-corrected chi connectivity index (χ2v) is 6.92. The Morgan fingerprint density at radius 3 is 2.12 bits per heavy atom. The van der Waals surface area contributed by atoms with Crippen molar-refractivity contribution in [1.29, 1.82) is 0 Å². The summed E-state index contributed by atoms with van der Waals surface area (Å²) in [5, 5.41) is 20.1. The number of anilines is 2. The number of hydrogen-bond acceptors (Lipinski definition) is 5. The number of carbonyl (C=O) groups is 1. The van der Waals surface area contributed by atoms with Gasteiger partial charge < -0.3 is 15.1 Å². The zero-order chi connectivity index (χ0) is 18.8. The van der Waals surface area contributed by atoms with Gasteiger partial charge >= 0.3 is 10.8 Å². The topological polar surface area (TPSA) is 82.8 Å². The lowest BCUT2D eigenvalue weighted by molar-refractivity contribution is -0.135. The molecule has 0 unspecified atom stereocenters. The van der Waals surface area contributed by atoms with Crippen molar-refractivity contribution in [2.24, 2.45) is 0 Å². The van der Waals surface area contributed by atoms with Crippen molar-refractivity contribution in [1.82, 2.24) is 4.57 Å². The Bertz CT molecular complexity index is 988. The highest BCUT2D eigenvalue weighted by atomic mass is 32.1. The van der Waals surface area contributed by atoms with Crippen molar-refractivity contribution in [2.75, 3.05) is 11.4 Å². The van der Waals surface area contributed by atoms with Gasteiger partial charge in [0, 0.05) is 5.69 Å². The Kier molecular flexibility index (Phi) is 4.81. The fraction of sp³-hybridized carbons (Fsp3) is 0.158. The second-order valence-electron chi connectivity index (χ2n) is 5.98. The van der Waals surface area contributed by atoms with Gasteiger partial charge in [-0.1, -0.05) is 46.7 Å². The van der Waals surface area contributed by atoms with Crippen molar-refractivity contribution >= 4 is 28.0 Å². The lowest BCUT2D eigenvalue weighted by atomic mass is 10.2. The van der Waals surface area contributed by atoms with Gasteiger partial charge in [0.15, 0.2) is 5.00 Å². The quantitative estimate of drug-likeness (QED) is 0.719. The van der Waals surface area contributed by atoms with Crippen molar-refractivity contribution in [3.05, 3.63) is 69.3 Å². The van der Waals surface area contributed by atoms with Gasteiger partial charge in [-0.25, -0.2) is 4.57 Å². The molecule has 0 radical (unpaired) electrons. The van der Waals surface area contributed by atoms with E-state index in [4.69, 9.17) is 0 Å². The fourth-order valence-electron chi connectivity index (χ4n) is 2.59. The summed E-state index contributed by atoms with van der Waals surface area (Å²) in [7, 11) is 0. The number of thiazole rings is 1. The molecule has 1 heterocycles. The third-order valence-corrected chi connectivity index (χ3v) is 4.90. The van der Waals surface area contributed by atoms with Gasteiger partial charge in [-0.3, -0.25) is 9.59 Å². The molecule has 0 aliphatic heterocycles. The van der Waals surface area contributed by atoms with Gasteiger partial charge in [0.2, 0.25) is 5.88 Å². The van der Waals surface area contributed by atoms with Crippen LogP contribution in [0.1, 0.15) is 11.1 Å². The SMILES string of the molecule is Cc1ccc(N(CC(=O)O)c2sc(=O)n(-c3ccc(C)cc3)c2O)cc1. The van der Waals surface area contributed by atoms with Gasteiger partial charge in [-0.05, 0) is 38.1 Å². The summed E-state index contributed by atoms with van der Waals surface area (Å²) in [5.74, 6) is -1.33. The molecule has 0 aliphatic rings. The second kappa shape index (κ2) is 7.05. The third kappa shape index (κ3) is 3.48. The molecule has 0 fully saturated rings.